The summed E-state index contributed by atoms with van der Waals surface area (Å²) in [5.41, 5.74) is 1.27. The summed E-state index contributed by atoms with van der Waals surface area (Å²) < 4.78 is 30.5. The highest BCUT2D eigenvalue weighted by molar-refractivity contribution is 7.88. The number of amides is 1. The van der Waals surface area contributed by atoms with E-state index < -0.39 is 10.0 Å². The number of hydrogen-bond donors (Lipinski definition) is 1. The average molecular weight is 337 g/mol. The first-order valence-electron chi connectivity index (χ1n) is 7.51. The van der Waals surface area contributed by atoms with Gasteiger partial charge in [0.15, 0.2) is 5.58 Å². The lowest BCUT2D eigenvalue weighted by Gasteiger charge is -2.32. The molecule has 0 spiro atoms. The molecule has 0 radical (unpaired) electrons. The number of benzene rings is 1. The van der Waals surface area contributed by atoms with E-state index in [0.29, 0.717) is 24.4 Å². The van der Waals surface area contributed by atoms with Crippen LogP contribution in [0.5, 0.6) is 0 Å². The Morgan fingerprint density at radius 1 is 1.43 bits per heavy atom. The molecule has 1 N–H and O–H groups in total. The molecule has 1 fully saturated rings. The van der Waals surface area contributed by atoms with Gasteiger partial charge in [-0.05, 0) is 25.0 Å². The molecule has 0 saturated carbocycles. The van der Waals surface area contributed by atoms with Gasteiger partial charge < -0.3 is 9.42 Å². The van der Waals surface area contributed by atoms with Gasteiger partial charge in [-0.1, -0.05) is 17.3 Å². The van der Waals surface area contributed by atoms with Crippen molar-refractivity contribution in [3.8, 4) is 0 Å². The van der Waals surface area contributed by atoms with Crippen LogP contribution in [-0.4, -0.2) is 49.8 Å². The van der Waals surface area contributed by atoms with Gasteiger partial charge in [-0.3, -0.25) is 4.79 Å². The number of hydrogen-bond acceptors (Lipinski definition) is 5. The maximum absolute atomic E-state index is 12.5. The van der Waals surface area contributed by atoms with Crippen LogP contribution in [-0.2, 0) is 21.2 Å². The predicted molar refractivity (Wildman–Crippen MR) is 85.3 cm³/mol. The third-order valence-corrected chi connectivity index (χ3v) is 4.69. The van der Waals surface area contributed by atoms with Crippen molar-refractivity contribution in [2.45, 2.75) is 25.3 Å². The van der Waals surface area contributed by atoms with Gasteiger partial charge in [-0.2, -0.15) is 0 Å². The molecule has 1 amide bonds. The molecule has 3 rings (SSSR count). The lowest BCUT2D eigenvalue weighted by molar-refractivity contribution is -0.131. The zero-order valence-corrected chi connectivity index (χ0v) is 13.7. The summed E-state index contributed by atoms with van der Waals surface area (Å²) in [6.45, 7) is 1.03. The van der Waals surface area contributed by atoms with E-state index in [2.05, 4.69) is 9.88 Å². The minimum atomic E-state index is -3.27. The van der Waals surface area contributed by atoms with E-state index in [1.807, 2.05) is 24.3 Å². The molecule has 1 atom stereocenters. The lowest BCUT2D eigenvalue weighted by atomic mass is 10.1. The van der Waals surface area contributed by atoms with Crippen LogP contribution in [0.2, 0.25) is 0 Å². The molecule has 0 bridgehead atoms. The summed E-state index contributed by atoms with van der Waals surface area (Å²) in [4.78, 5) is 14.2. The van der Waals surface area contributed by atoms with Crippen molar-refractivity contribution < 1.29 is 17.7 Å². The summed E-state index contributed by atoms with van der Waals surface area (Å²) in [6.07, 6.45) is 2.81. The maximum Gasteiger partial charge on any atom is 0.228 e. The summed E-state index contributed by atoms with van der Waals surface area (Å²) in [7, 11) is -3.27. The highest BCUT2D eigenvalue weighted by Crippen LogP contribution is 2.19. The molecule has 2 aromatic rings. The summed E-state index contributed by atoms with van der Waals surface area (Å²) in [5.74, 6) is -0.0657. The zero-order chi connectivity index (χ0) is 16.4. The van der Waals surface area contributed by atoms with Crippen LogP contribution in [0.25, 0.3) is 11.0 Å². The Balaban J connectivity index is 1.68. The quantitative estimate of drug-likeness (QED) is 0.895. The second kappa shape index (κ2) is 6.29. The normalized spacial score (nSPS) is 19.2. The van der Waals surface area contributed by atoms with Crippen LogP contribution in [0.3, 0.4) is 0 Å². The fourth-order valence-electron chi connectivity index (χ4n) is 2.92. The van der Waals surface area contributed by atoms with Gasteiger partial charge in [0.1, 0.15) is 5.69 Å². The van der Waals surface area contributed by atoms with Gasteiger partial charge in [-0.15, -0.1) is 0 Å². The Hall–Kier alpha value is -1.93. The third kappa shape index (κ3) is 3.89. The number of aromatic nitrogens is 1. The van der Waals surface area contributed by atoms with E-state index in [1.54, 1.807) is 4.90 Å². The minimum Gasteiger partial charge on any atom is -0.356 e. The van der Waals surface area contributed by atoms with Gasteiger partial charge in [-0.25, -0.2) is 13.1 Å². The van der Waals surface area contributed by atoms with Gasteiger partial charge in [0, 0.05) is 24.5 Å². The number of piperidine rings is 1. The lowest BCUT2D eigenvalue weighted by Crippen LogP contribution is -2.49. The number of carbonyl (C=O) groups is 1. The number of carbonyl (C=O) groups excluding carboxylic acids is 1. The van der Waals surface area contributed by atoms with Crippen molar-refractivity contribution in [2.24, 2.45) is 0 Å². The van der Waals surface area contributed by atoms with Crippen molar-refractivity contribution in [1.29, 1.82) is 0 Å². The number of rotatable bonds is 4. The van der Waals surface area contributed by atoms with Gasteiger partial charge in [0.25, 0.3) is 0 Å². The molecule has 1 aliphatic heterocycles. The van der Waals surface area contributed by atoms with Gasteiger partial charge >= 0.3 is 0 Å². The first kappa shape index (κ1) is 15.9. The van der Waals surface area contributed by atoms with Crippen LogP contribution >= 0.6 is 0 Å². The molecular weight excluding hydrogens is 318 g/mol. The van der Waals surface area contributed by atoms with Crippen LogP contribution in [0, 0.1) is 0 Å². The molecule has 0 unspecified atom stereocenters. The number of nitrogens with zero attached hydrogens (tertiary/aromatic N) is 2. The minimum absolute atomic E-state index is 0.0657. The van der Waals surface area contributed by atoms with E-state index in [4.69, 9.17) is 4.52 Å². The fourth-order valence-corrected chi connectivity index (χ4v) is 3.72. The molecule has 7 nitrogen and oxygen atoms in total. The molecule has 1 saturated heterocycles. The SMILES string of the molecule is CS(=O)(=O)N[C@@H]1CCCN(C(=O)Cc2noc3ccccc23)C1. The number of para-hydroxylation sites is 1. The van der Waals surface area contributed by atoms with Crippen molar-refractivity contribution in [2.75, 3.05) is 19.3 Å². The number of likely N-dealkylation sites (tertiary alicyclic amines) is 1. The number of nitrogens with one attached hydrogen (secondary N) is 1. The molecular formula is C15H19N3O4S. The second-order valence-electron chi connectivity index (χ2n) is 5.87. The molecule has 1 aliphatic rings. The topological polar surface area (TPSA) is 92.5 Å². The molecule has 0 aliphatic carbocycles. The van der Waals surface area contributed by atoms with Crippen molar-refractivity contribution in [3.63, 3.8) is 0 Å². The van der Waals surface area contributed by atoms with Crippen molar-refractivity contribution in [1.82, 2.24) is 14.8 Å². The maximum atomic E-state index is 12.5. The zero-order valence-electron chi connectivity index (χ0n) is 12.9. The van der Waals surface area contributed by atoms with Crippen LogP contribution in [0.15, 0.2) is 28.8 Å². The Bertz CT molecular complexity index is 815. The number of sulfonamides is 1. The molecule has 23 heavy (non-hydrogen) atoms. The Morgan fingerprint density at radius 3 is 3.00 bits per heavy atom. The molecule has 2 heterocycles. The van der Waals surface area contributed by atoms with E-state index in [-0.39, 0.29) is 18.4 Å². The van der Waals surface area contributed by atoms with Crippen LogP contribution in [0.4, 0.5) is 0 Å². The first-order chi connectivity index (χ1) is 10.9. The second-order valence-corrected chi connectivity index (χ2v) is 7.65. The summed E-state index contributed by atoms with van der Waals surface area (Å²) >= 11 is 0. The first-order valence-corrected chi connectivity index (χ1v) is 9.40. The third-order valence-electron chi connectivity index (χ3n) is 3.93. The van der Waals surface area contributed by atoms with Crippen molar-refractivity contribution in [3.05, 3.63) is 30.0 Å². The standard InChI is InChI=1S/C15H19N3O4S/c1-23(20,21)17-11-5-4-8-18(10-11)15(19)9-13-12-6-2-3-7-14(12)22-16-13/h2-3,6-7,11,17H,4-5,8-10H2,1H3/t11-/m1/s1. The van der Waals surface area contributed by atoms with Crippen molar-refractivity contribution >= 4 is 26.9 Å². The Morgan fingerprint density at radius 2 is 2.22 bits per heavy atom. The molecule has 1 aromatic heterocycles. The van der Waals surface area contributed by atoms with Crippen LogP contribution in [0.1, 0.15) is 18.5 Å². The summed E-state index contributed by atoms with van der Waals surface area (Å²) in [6, 6.07) is 7.19. The van der Waals surface area contributed by atoms with E-state index in [0.717, 1.165) is 24.5 Å². The fraction of sp³-hybridized carbons (Fsp3) is 0.467. The largest absolute Gasteiger partial charge is 0.356 e. The molecule has 124 valence electrons. The average Bonchev–Trinajstić information content (AvgIpc) is 2.89. The Kier molecular flexibility index (Phi) is 4.36. The number of fused-ring (bicyclic) bond motifs is 1. The highest BCUT2D eigenvalue weighted by atomic mass is 32.2. The van der Waals surface area contributed by atoms with E-state index in [9.17, 15) is 13.2 Å². The summed E-state index contributed by atoms with van der Waals surface area (Å²) in [5, 5.41) is 4.81. The monoisotopic (exact) mass is 337 g/mol. The predicted octanol–water partition coefficient (Wildman–Crippen LogP) is 0.910. The van der Waals surface area contributed by atoms with E-state index in [1.165, 1.54) is 0 Å². The van der Waals surface area contributed by atoms with Gasteiger partial charge in [0.2, 0.25) is 15.9 Å². The molecule has 1 aromatic carbocycles. The van der Waals surface area contributed by atoms with Gasteiger partial charge in [0.05, 0.1) is 12.7 Å². The van der Waals surface area contributed by atoms with E-state index >= 15 is 0 Å². The van der Waals surface area contributed by atoms with Crippen LogP contribution < -0.4 is 4.72 Å². The smallest absolute Gasteiger partial charge is 0.228 e. The molecule has 8 heteroatoms. The Labute approximate surface area is 134 Å². The highest BCUT2D eigenvalue weighted by Gasteiger charge is 2.26.